The third-order valence-corrected chi connectivity index (χ3v) is 4.60. The number of carbonyl (C=O) groups excluding carboxylic acids is 1. The molecule has 0 aliphatic carbocycles. The van der Waals surface area contributed by atoms with Crippen molar-refractivity contribution in [2.75, 3.05) is 11.1 Å². The molecule has 0 unspecified atom stereocenters. The Kier molecular flexibility index (Phi) is 5.92. The Balaban J connectivity index is 1.89. The molecule has 0 radical (unpaired) electrons. The molecule has 24 heavy (non-hydrogen) atoms. The van der Waals surface area contributed by atoms with E-state index in [0.717, 1.165) is 23.9 Å². The van der Waals surface area contributed by atoms with Gasteiger partial charge in [-0.15, -0.1) is 11.8 Å². The van der Waals surface area contributed by atoms with E-state index in [-0.39, 0.29) is 17.4 Å². The number of thioether (sulfide) groups is 1. The first-order chi connectivity index (χ1) is 11.2. The van der Waals surface area contributed by atoms with Crippen LogP contribution < -0.4 is 10.5 Å². The summed E-state index contributed by atoms with van der Waals surface area (Å²) >= 11 is 1.07. The fraction of sp³-hybridized carbons (Fsp3) is 0.133. The molecule has 0 aliphatic heterocycles. The van der Waals surface area contributed by atoms with Crippen LogP contribution in [0.1, 0.15) is 5.56 Å². The van der Waals surface area contributed by atoms with E-state index in [2.05, 4.69) is 5.32 Å². The summed E-state index contributed by atoms with van der Waals surface area (Å²) in [5.74, 6) is -2.50. The molecule has 0 aromatic heterocycles. The predicted molar refractivity (Wildman–Crippen MR) is 89.0 cm³/mol. The van der Waals surface area contributed by atoms with E-state index in [0.29, 0.717) is 16.1 Å². The molecule has 128 valence electrons. The summed E-state index contributed by atoms with van der Waals surface area (Å²) in [5, 5.41) is 7.57. The van der Waals surface area contributed by atoms with Crippen molar-refractivity contribution >= 4 is 33.4 Å². The number of sulfonamides is 1. The second kappa shape index (κ2) is 7.73. The number of nitrogens with one attached hydrogen (secondary N) is 1. The molecule has 0 bridgehead atoms. The van der Waals surface area contributed by atoms with Crippen molar-refractivity contribution in [3.63, 3.8) is 0 Å². The predicted octanol–water partition coefficient (Wildman–Crippen LogP) is 2.48. The molecule has 2 aromatic carbocycles. The van der Waals surface area contributed by atoms with Gasteiger partial charge in [-0.2, -0.15) is 0 Å². The zero-order chi connectivity index (χ0) is 17.7. The molecule has 0 aliphatic rings. The van der Waals surface area contributed by atoms with Crippen LogP contribution >= 0.6 is 11.8 Å². The van der Waals surface area contributed by atoms with Gasteiger partial charge in [0.25, 0.3) is 0 Å². The van der Waals surface area contributed by atoms with Crippen LogP contribution in [-0.4, -0.2) is 20.1 Å². The van der Waals surface area contributed by atoms with Gasteiger partial charge in [0, 0.05) is 10.6 Å². The van der Waals surface area contributed by atoms with Crippen molar-refractivity contribution in [2.24, 2.45) is 5.14 Å². The van der Waals surface area contributed by atoms with Crippen LogP contribution in [0.15, 0.2) is 47.4 Å². The van der Waals surface area contributed by atoms with Crippen molar-refractivity contribution in [1.82, 2.24) is 0 Å². The van der Waals surface area contributed by atoms with E-state index >= 15 is 0 Å². The van der Waals surface area contributed by atoms with Gasteiger partial charge in [0.2, 0.25) is 15.9 Å². The van der Waals surface area contributed by atoms with Gasteiger partial charge in [-0.25, -0.2) is 22.3 Å². The second-order valence-electron chi connectivity index (χ2n) is 4.92. The lowest BCUT2D eigenvalue weighted by Crippen LogP contribution is -2.15. The minimum atomic E-state index is -3.61. The van der Waals surface area contributed by atoms with E-state index in [1.54, 1.807) is 24.3 Å². The number of amides is 1. The van der Waals surface area contributed by atoms with Gasteiger partial charge >= 0.3 is 0 Å². The highest BCUT2D eigenvalue weighted by Crippen LogP contribution is 2.20. The number of rotatable bonds is 6. The minimum Gasteiger partial charge on any atom is -0.325 e. The van der Waals surface area contributed by atoms with Gasteiger partial charge in [-0.05, 0) is 35.9 Å². The lowest BCUT2D eigenvalue weighted by Gasteiger charge is -2.06. The van der Waals surface area contributed by atoms with Gasteiger partial charge < -0.3 is 5.32 Å². The maximum Gasteiger partial charge on any atom is 0.234 e. The Labute approximate surface area is 142 Å². The van der Waals surface area contributed by atoms with Gasteiger partial charge in [-0.3, -0.25) is 4.79 Å². The Hall–Kier alpha value is -1.97. The minimum absolute atomic E-state index is 0.0179. The Morgan fingerprint density at radius 2 is 1.75 bits per heavy atom. The van der Waals surface area contributed by atoms with Gasteiger partial charge in [-0.1, -0.05) is 12.1 Å². The average molecular weight is 372 g/mol. The average Bonchev–Trinajstić information content (AvgIpc) is 2.49. The second-order valence-corrected chi connectivity index (χ2v) is 7.58. The zero-order valence-electron chi connectivity index (χ0n) is 12.3. The van der Waals surface area contributed by atoms with E-state index in [1.165, 1.54) is 6.07 Å². The lowest BCUT2D eigenvalue weighted by molar-refractivity contribution is -0.113. The van der Waals surface area contributed by atoms with Gasteiger partial charge in [0.1, 0.15) is 0 Å². The first kappa shape index (κ1) is 18.4. The molecular weight excluding hydrogens is 358 g/mol. The fourth-order valence-corrected chi connectivity index (χ4v) is 3.21. The van der Waals surface area contributed by atoms with Crippen LogP contribution in [0.2, 0.25) is 0 Å². The normalized spacial score (nSPS) is 11.3. The highest BCUT2D eigenvalue weighted by atomic mass is 32.2. The summed E-state index contributed by atoms with van der Waals surface area (Å²) in [5.41, 5.74) is 0.996. The summed E-state index contributed by atoms with van der Waals surface area (Å²) in [6.07, 6.45) is 0. The third kappa shape index (κ3) is 5.91. The molecule has 9 heteroatoms. The molecular formula is C15H14F2N2O3S2. The maximum atomic E-state index is 13.1. The molecule has 0 fully saturated rings. The highest BCUT2D eigenvalue weighted by Gasteiger charge is 2.08. The summed E-state index contributed by atoms with van der Waals surface area (Å²) in [6, 6.07) is 9.61. The summed E-state index contributed by atoms with van der Waals surface area (Å²) in [6.45, 7) is 0. The largest absolute Gasteiger partial charge is 0.325 e. The standard InChI is InChI=1S/C15H14F2N2O3S2/c16-13-6-5-12(7-14(13)17)23-8-15(20)19-11-3-1-10(2-4-11)9-24(18,21)22/h1-7H,8-9H2,(H,19,20)(H2,18,21,22). The monoisotopic (exact) mass is 372 g/mol. The molecule has 0 heterocycles. The summed E-state index contributed by atoms with van der Waals surface area (Å²) in [7, 11) is -3.61. The topological polar surface area (TPSA) is 89.3 Å². The molecule has 0 spiro atoms. The highest BCUT2D eigenvalue weighted by molar-refractivity contribution is 8.00. The lowest BCUT2D eigenvalue weighted by atomic mass is 10.2. The molecule has 2 aromatic rings. The zero-order valence-corrected chi connectivity index (χ0v) is 14.0. The number of hydrogen-bond donors (Lipinski definition) is 2. The van der Waals surface area contributed by atoms with E-state index in [4.69, 9.17) is 5.14 Å². The molecule has 1 amide bonds. The van der Waals surface area contributed by atoms with Crippen LogP contribution in [-0.2, 0) is 20.6 Å². The first-order valence-corrected chi connectivity index (χ1v) is 9.40. The Bertz CT molecular complexity index is 840. The molecule has 0 atom stereocenters. The number of hydrogen-bond acceptors (Lipinski definition) is 4. The number of primary sulfonamides is 1. The Morgan fingerprint density at radius 1 is 1.08 bits per heavy atom. The number of nitrogens with two attached hydrogens (primary N) is 1. The third-order valence-electron chi connectivity index (χ3n) is 2.87. The van der Waals surface area contributed by atoms with Crippen LogP contribution in [0.5, 0.6) is 0 Å². The SMILES string of the molecule is NS(=O)(=O)Cc1ccc(NC(=O)CSc2ccc(F)c(F)c2)cc1. The summed E-state index contributed by atoms with van der Waals surface area (Å²) in [4.78, 5) is 12.3. The van der Waals surface area contributed by atoms with Crippen molar-refractivity contribution < 1.29 is 22.0 Å². The van der Waals surface area contributed by atoms with Crippen LogP contribution in [0.3, 0.4) is 0 Å². The molecule has 3 N–H and O–H groups in total. The Morgan fingerprint density at radius 3 is 2.33 bits per heavy atom. The fourth-order valence-electron chi connectivity index (χ4n) is 1.83. The van der Waals surface area contributed by atoms with Crippen molar-refractivity contribution in [3.05, 3.63) is 59.7 Å². The van der Waals surface area contributed by atoms with Crippen molar-refractivity contribution in [2.45, 2.75) is 10.6 Å². The van der Waals surface area contributed by atoms with Crippen LogP contribution in [0.4, 0.5) is 14.5 Å². The van der Waals surface area contributed by atoms with E-state index in [1.807, 2.05) is 0 Å². The van der Waals surface area contributed by atoms with E-state index < -0.39 is 21.7 Å². The van der Waals surface area contributed by atoms with Crippen LogP contribution in [0, 0.1) is 11.6 Å². The summed E-state index contributed by atoms with van der Waals surface area (Å²) < 4.78 is 47.8. The van der Waals surface area contributed by atoms with Gasteiger partial charge in [0.15, 0.2) is 11.6 Å². The molecule has 5 nitrogen and oxygen atoms in total. The van der Waals surface area contributed by atoms with E-state index in [9.17, 15) is 22.0 Å². The van der Waals surface area contributed by atoms with Crippen molar-refractivity contribution in [3.8, 4) is 0 Å². The first-order valence-electron chi connectivity index (χ1n) is 6.70. The smallest absolute Gasteiger partial charge is 0.234 e. The number of anilines is 1. The number of carbonyl (C=O) groups is 1. The van der Waals surface area contributed by atoms with Gasteiger partial charge in [0.05, 0.1) is 11.5 Å². The van der Waals surface area contributed by atoms with Crippen LogP contribution in [0.25, 0.3) is 0 Å². The molecule has 0 saturated carbocycles. The maximum absolute atomic E-state index is 13.1. The quantitative estimate of drug-likeness (QED) is 0.763. The number of halogens is 2. The molecule has 0 saturated heterocycles. The number of benzene rings is 2. The molecule has 2 rings (SSSR count). The van der Waals surface area contributed by atoms with Crippen molar-refractivity contribution in [1.29, 1.82) is 0 Å².